The van der Waals surface area contributed by atoms with Crippen LogP contribution in [0.5, 0.6) is 0 Å². The molecule has 1 fully saturated rings. The van der Waals surface area contributed by atoms with Gasteiger partial charge in [0.2, 0.25) is 0 Å². The van der Waals surface area contributed by atoms with Crippen molar-refractivity contribution in [3.8, 4) is 0 Å². The van der Waals surface area contributed by atoms with E-state index in [1.807, 2.05) is 34.6 Å². The van der Waals surface area contributed by atoms with Gasteiger partial charge in [0.15, 0.2) is 0 Å². The Morgan fingerprint density at radius 1 is 1.22 bits per heavy atom. The summed E-state index contributed by atoms with van der Waals surface area (Å²) in [6.45, 7) is 12.9. The van der Waals surface area contributed by atoms with E-state index < -0.39 is 6.04 Å². The molecular weight excluding hydrogens is 298 g/mol. The van der Waals surface area contributed by atoms with Gasteiger partial charge in [0, 0.05) is 26.2 Å². The normalized spacial score (nSPS) is 16.3. The number of rotatable bonds is 3. The third-order valence-electron chi connectivity index (χ3n) is 3.00. The van der Waals surface area contributed by atoms with E-state index in [4.69, 9.17) is 10.5 Å². The lowest BCUT2D eigenvalue weighted by Crippen LogP contribution is -2.48. The fourth-order valence-corrected chi connectivity index (χ4v) is 1.93. The molecule has 3 N–H and O–H groups in total. The molecule has 1 atom stereocenters. The van der Waals surface area contributed by atoms with E-state index in [1.54, 1.807) is 4.90 Å². The molecule has 1 saturated heterocycles. The molecule has 1 heterocycles. The Morgan fingerprint density at radius 2 is 1.74 bits per heavy atom. The minimum atomic E-state index is -0.454. The average molecular weight is 331 g/mol. The van der Waals surface area contributed by atoms with Gasteiger partial charge >= 0.3 is 12.1 Å². The zero-order valence-corrected chi connectivity index (χ0v) is 15.3. The Balaban J connectivity index is 0.000000438. The predicted molar refractivity (Wildman–Crippen MR) is 90.1 cm³/mol. The van der Waals surface area contributed by atoms with Crippen LogP contribution in [0.2, 0.25) is 0 Å². The Morgan fingerprint density at radius 3 is 2.13 bits per heavy atom. The Hall–Kier alpha value is -1.34. The molecule has 0 saturated carbocycles. The highest BCUT2D eigenvalue weighted by Crippen LogP contribution is 2.10. The van der Waals surface area contributed by atoms with Crippen LogP contribution in [0, 0.1) is 5.92 Å². The molecule has 7 nitrogen and oxygen atoms in total. The Labute approximate surface area is 139 Å². The van der Waals surface area contributed by atoms with E-state index in [-0.39, 0.29) is 17.7 Å². The lowest BCUT2D eigenvalue weighted by molar-refractivity contribution is -0.142. The van der Waals surface area contributed by atoms with Gasteiger partial charge in [-0.05, 0) is 33.1 Å². The molecule has 7 heteroatoms. The maximum Gasteiger partial charge on any atom is 0.410 e. The van der Waals surface area contributed by atoms with E-state index in [1.165, 1.54) is 7.11 Å². The molecule has 0 bridgehead atoms. The van der Waals surface area contributed by atoms with E-state index in [9.17, 15) is 9.59 Å². The summed E-state index contributed by atoms with van der Waals surface area (Å²) in [5, 5.41) is 3.18. The quantitative estimate of drug-likeness (QED) is 0.758. The van der Waals surface area contributed by atoms with Crippen molar-refractivity contribution >= 4 is 12.1 Å². The van der Waals surface area contributed by atoms with Gasteiger partial charge < -0.3 is 25.4 Å². The number of nitrogens with one attached hydrogen (secondary N) is 1. The minimum Gasteiger partial charge on any atom is -0.468 e. The molecule has 0 radical (unpaired) electrons. The topological polar surface area (TPSA) is 93.9 Å². The third kappa shape index (κ3) is 10.9. The van der Waals surface area contributed by atoms with Crippen LogP contribution in [0.1, 0.15) is 41.0 Å². The number of hydrogen-bond acceptors (Lipinski definition) is 6. The van der Waals surface area contributed by atoms with E-state index in [0.717, 1.165) is 26.2 Å². The molecule has 1 unspecified atom stereocenters. The summed E-state index contributed by atoms with van der Waals surface area (Å²) in [6.07, 6.45) is 0.487. The van der Waals surface area contributed by atoms with Crippen molar-refractivity contribution in [3.05, 3.63) is 0 Å². The molecule has 0 aliphatic carbocycles. The largest absolute Gasteiger partial charge is 0.468 e. The monoisotopic (exact) mass is 331 g/mol. The van der Waals surface area contributed by atoms with Crippen molar-refractivity contribution in [1.82, 2.24) is 10.2 Å². The highest BCUT2D eigenvalue weighted by molar-refractivity contribution is 5.75. The summed E-state index contributed by atoms with van der Waals surface area (Å²) in [7, 11) is 1.35. The van der Waals surface area contributed by atoms with E-state index in [0.29, 0.717) is 12.3 Å². The van der Waals surface area contributed by atoms with Gasteiger partial charge in [0.05, 0.1) is 7.11 Å². The number of methoxy groups -OCH3 is 1. The first kappa shape index (κ1) is 21.7. The summed E-state index contributed by atoms with van der Waals surface area (Å²) in [5.74, 6) is 0.114. The molecule has 0 spiro atoms. The van der Waals surface area contributed by atoms with Gasteiger partial charge in [0.25, 0.3) is 0 Å². The number of amides is 1. The fraction of sp³-hybridized carbons (Fsp3) is 0.875. The van der Waals surface area contributed by atoms with Crippen molar-refractivity contribution in [2.75, 3.05) is 33.3 Å². The first-order chi connectivity index (χ1) is 10.6. The second-order valence-electron chi connectivity index (χ2n) is 6.98. The number of ether oxygens (including phenoxy) is 2. The fourth-order valence-electron chi connectivity index (χ4n) is 1.93. The molecule has 1 amide bonds. The minimum absolute atomic E-state index is 0.200. The molecule has 0 aromatic heterocycles. The van der Waals surface area contributed by atoms with Gasteiger partial charge in [-0.2, -0.15) is 0 Å². The van der Waals surface area contributed by atoms with Gasteiger partial charge in [-0.1, -0.05) is 13.8 Å². The lowest BCUT2D eigenvalue weighted by atomic mass is 10.1. The van der Waals surface area contributed by atoms with Crippen LogP contribution in [0.25, 0.3) is 0 Å². The van der Waals surface area contributed by atoms with Crippen molar-refractivity contribution in [1.29, 1.82) is 0 Å². The van der Waals surface area contributed by atoms with Crippen molar-refractivity contribution in [2.45, 2.75) is 52.7 Å². The summed E-state index contributed by atoms with van der Waals surface area (Å²) in [5.41, 5.74) is 5.07. The predicted octanol–water partition coefficient (Wildman–Crippen LogP) is 1.36. The number of piperazine rings is 1. The molecule has 23 heavy (non-hydrogen) atoms. The number of nitrogens with two attached hydrogens (primary N) is 1. The third-order valence-corrected chi connectivity index (χ3v) is 3.00. The first-order valence-electron chi connectivity index (χ1n) is 8.09. The highest BCUT2D eigenvalue weighted by atomic mass is 16.6. The van der Waals surface area contributed by atoms with Crippen molar-refractivity contribution in [2.24, 2.45) is 11.7 Å². The highest BCUT2D eigenvalue weighted by Gasteiger charge is 2.22. The maximum absolute atomic E-state index is 11.5. The molecule has 136 valence electrons. The van der Waals surface area contributed by atoms with Crippen LogP contribution in [0.3, 0.4) is 0 Å². The van der Waals surface area contributed by atoms with E-state index >= 15 is 0 Å². The lowest BCUT2D eigenvalue weighted by Gasteiger charge is -2.30. The van der Waals surface area contributed by atoms with Gasteiger partial charge in [-0.3, -0.25) is 4.79 Å². The number of carbonyl (C=O) groups is 2. The first-order valence-corrected chi connectivity index (χ1v) is 8.09. The Kier molecular flexibility index (Phi) is 9.83. The molecule has 1 rings (SSSR count). The zero-order valence-electron chi connectivity index (χ0n) is 15.3. The number of esters is 1. The van der Waals surface area contributed by atoms with Crippen LogP contribution < -0.4 is 11.1 Å². The molecule has 0 aromatic carbocycles. The smallest absolute Gasteiger partial charge is 0.410 e. The number of nitrogens with zero attached hydrogens (tertiary/aromatic N) is 1. The standard InChI is InChI=1S/C9H18N2O2.C7H15NO2/c1-9(2,3)13-8(12)11-6-4-10-5-7-11;1-5(2)4-6(8)7(9)10-3/h10H,4-7H2,1-3H3;5-6H,4,8H2,1-3H3. The summed E-state index contributed by atoms with van der Waals surface area (Å²) in [4.78, 5) is 23.9. The van der Waals surface area contributed by atoms with Crippen LogP contribution in [-0.2, 0) is 14.3 Å². The zero-order chi connectivity index (χ0) is 18.0. The van der Waals surface area contributed by atoms with Crippen LogP contribution >= 0.6 is 0 Å². The number of carbonyl (C=O) groups excluding carboxylic acids is 2. The molecular formula is C16H33N3O4. The SMILES string of the molecule is CC(C)(C)OC(=O)N1CCNCC1.COC(=O)C(N)CC(C)C. The average Bonchev–Trinajstić information content (AvgIpc) is 2.45. The van der Waals surface area contributed by atoms with Gasteiger partial charge in [-0.25, -0.2) is 4.79 Å². The molecule has 1 aliphatic heterocycles. The number of hydrogen-bond donors (Lipinski definition) is 2. The van der Waals surface area contributed by atoms with Crippen molar-refractivity contribution < 1.29 is 19.1 Å². The molecule has 0 aromatic rings. The van der Waals surface area contributed by atoms with E-state index in [2.05, 4.69) is 10.1 Å². The summed E-state index contributed by atoms with van der Waals surface area (Å²) < 4.78 is 9.69. The van der Waals surface area contributed by atoms with Gasteiger partial charge in [0.1, 0.15) is 11.6 Å². The maximum atomic E-state index is 11.5. The van der Waals surface area contributed by atoms with Crippen molar-refractivity contribution in [3.63, 3.8) is 0 Å². The molecule has 1 aliphatic rings. The second-order valence-corrected chi connectivity index (χ2v) is 6.98. The summed E-state index contributed by atoms with van der Waals surface area (Å²) >= 11 is 0. The Bertz CT molecular complexity index is 361. The second kappa shape index (κ2) is 10.4. The van der Waals surface area contributed by atoms with Crippen LogP contribution in [-0.4, -0.2) is 61.9 Å². The van der Waals surface area contributed by atoms with Crippen LogP contribution in [0.4, 0.5) is 4.79 Å². The summed E-state index contributed by atoms with van der Waals surface area (Å²) in [6, 6.07) is -0.454. The van der Waals surface area contributed by atoms with Gasteiger partial charge in [-0.15, -0.1) is 0 Å². The van der Waals surface area contributed by atoms with Crippen LogP contribution in [0.15, 0.2) is 0 Å².